The number of rotatable bonds is 9. The summed E-state index contributed by atoms with van der Waals surface area (Å²) < 4.78 is 10.1. The van der Waals surface area contributed by atoms with E-state index in [2.05, 4.69) is 0 Å². The van der Waals surface area contributed by atoms with Crippen LogP contribution in [0.15, 0.2) is 0 Å². The van der Waals surface area contributed by atoms with E-state index in [1.54, 1.807) is 14.0 Å². The zero-order valence-corrected chi connectivity index (χ0v) is 9.29. The Balaban J connectivity index is 3.13. The molecule has 0 rings (SSSR count). The van der Waals surface area contributed by atoms with Gasteiger partial charge in [0.25, 0.3) is 0 Å². The topological polar surface area (TPSA) is 64.7 Å². The molecule has 0 radical (unpaired) electrons. The van der Waals surface area contributed by atoms with Crippen LogP contribution in [0.25, 0.3) is 0 Å². The van der Waals surface area contributed by atoms with Gasteiger partial charge in [0.2, 0.25) is 0 Å². The zero-order valence-electron chi connectivity index (χ0n) is 9.29. The highest BCUT2D eigenvalue weighted by molar-refractivity contribution is 4.72. The zero-order chi connectivity index (χ0) is 10.9. The highest BCUT2D eigenvalue weighted by Gasteiger charge is 2.16. The summed E-state index contributed by atoms with van der Waals surface area (Å²) in [6.07, 6.45) is 2.63. The molecule has 0 aliphatic heterocycles. The molecule has 0 aliphatic rings. The van der Waals surface area contributed by atoms with Gasteiger partial charge in [0.15, 0.2) is 0 Å². The highest BCUT2D eigenvalue weighted by atomic mass is 16.5. The first-order chi connectivity index (χ1) is 6.62. The van der Waals surface area contributed by atoms with E-state index in [0.29, 0.717) is 19.8 Å². The molecule has 0 aromatic heterocycles. The molecule has 0 amide bonds. The second-order valence-electron chi connectivity index (χ2n) is 3.76. The maximum Gasteiger partial charge on any atom is 0.0741 e. The van der Waals surface area contributed by atoms with Crippen molar-refractivity contribution < 1.29 is 14.6 Å². The van der Waals surface area contributed by atoms with Crippen LogP contribution in [0.3, 0.4) is 0 Å². The number of methoxy groups -OCH3 is 1. The van der Waals surface area contributed by atoms with Gasteiger partial charge in [-0.1, -0.05) is 0 Å². The molecule has 86 valence electrons. The Morgan fingerprint density at radius 2 is 1.93 bits per heavy atom. The minimum atomic E-state index is -0.716. The Hall–Kier alpha value is -0.160. The Bertz CT molecular complexity index is 129. The Morgan fingerprint density at radius 1 is 1.21 bits per heavy atom. The number of aliphatic hydroxyl groups is 1. The van der Waals surface area contributed by atoms with Gasteiger partial charge in [-0.3, -0.25) is 0 Å². The maximum atomic E-state index is 9.58. The number of nitrogens with two attached hydrogens (primary N) is 1. The van der Waals surface area contributed by atoms with Crippen LogP contribution in [0.2, 0.25) is 0 Å². The summed E-state index contributed by atoms with van der Waals surface area (Å²) in [5.41, 5.74) is 4.67. The summed E-state index contributed by atoms with van der Waals surface area (Å²) >= 11 is 0. The van der Waals surface area contributed by atoms with Crippen LogP contribution < -0.4 is 5.73 Å². The van der Waals surface area contributed by atoms with Crippen molar-refractivity contribution in [2.45, 2.75) is 31.8 Å². The largest absolute Gasteiger partial charge is 0.389 e. The van der Waals surface area contributed by atoms with Crippen LogP contribution in [0.4, 0.5) is 0 Å². The predicted molar refractivity (Wildman–Crippen MR) is 56.2 cm³/mol. The van der Waals surface area contributed by atoms with Crippen molar-refractivity contribution in [2.75, 3.05) is 33.5 Å². The Labute approximate surface area is 86.4 Å². The third kappa shape index (κ3) is 8.44. The fourth-order valence-corrected chi connectivity index (χ4v) is 1.06. The summed E-state index contributed by atoms with van der Waals surface area (Å²) in [5, 5.41) is 9.58. The molecule has 0 spiro atoms. The number of unbranched alkanes of at least 4 members (excludes halogenated alkanes) is 1. The van der Waals surface area contributed by atoms with Crippen LogP contribution in [-0.2, 0) is 9.47 Å². The molecule has 14 heavy (non-hydrogen) atoms. The molecular weight excluding hydrogens is 182 g/mol. The van der Waals surface area contributed by atoms with Crippen LogP contribution in [0.5, 0.6) is 0 Å². The normalized spacial score (nSPS) is 15.4. The average Bonchev–Trinajstić information content (AvgIpc) is 2.16. The first-order valence-corrected chi connectivity index (χ1v) is 5.11. The van der Waals surface area contributed by atoms with E-state index >= 15 is 0 Å². The molecule has 0 aromatic rings. The number of hydrogen-bond acceptors (Lipinski definition) is 4. The van der Waals surface area contributed by atoms with Gasteiger partial charge in [-0.25, -0.2) is 0 Å². The molecule has 3 N–H and O–H groups in total. The van der Waals surface area contributed by atoms with Crippen molar-refractivity contribution in [3.05, 3.63) is 0 Å². The monoisotopic (exact) mass is 205 g/mol. The first kappa shape index (κ1) is 13.8. The quantitative estimate of drug-likeness (QED) is 0.539. The predicted octanol–water partition coefficient (Wildman–Crippen LogP) is 0.529. The van der Waals surface area contributed by atoms with Crippen LogP contribution in [0, 0.1) is 0 Å². The molecule has 4 heteroatoms. The van der Waals surface area contributed by atoms with Gasteiger partial charge >= 0.3 is 0 Å². The summed E-state index contributed by atoms with van der Waals surface area (Å²) in [7, 11) is 1.65. The van der Waals surface area contributed by atoms with E-state index in [0.717, 1.165) is 25.9 Å². The fraction of sp³-hybridized carbons (Fsp3) is 1.00. The molecule has 1 unspecified atom stereocenters. The lowest BCUT2D eigenvalue weighted by molar-refractivity contribution is 0.0466. The molecule has 0 aliphatic carbocycles. The van der Waals surface area contributed by atoms with Crippen molar-refractivity contribution in [1.29, 1.82) is 0 Å². The summed E-state index contributed by atoms with van der Waals surface area (Å²) in [4.78, 5) is 0. The second-order valence-corrected chi connectivity index (χ2v) is 3.76. The van der Waals surface area contributed by atoms with Crippen LogP contribution in [-0.4, -0.2) is 44.2 Å². The minimum Gasteiger partial charge on any atom is -0.389 e. The van der Waals surface area contributed by atoms with E-state index in [9.17, 15) is 5.11 Å². The van der Waals surface area contributed by atoms with Crippen molar-refractivity contribution >= 4 is 0 Å². The summed E-state index contributed by atoms with van der Waals surface area (Å²) in [6, 6.07) is 0. The van der Waals surface area contributed by atoms with Crippen LogP contribution in [0.1, 0.15) is 26.2 Å². The van der Waals surface area contributed by atoms with Gasteiger partial charge < -0.3 is 20.3 Å². The molecule has 0 bridgehead atoms. The van der Waals surface area contributed by atoms with Gasteiger partial charge in [0.05, 0.1) is 18.8 Å². The van der Waals surface area contributed by atoms with Gasteiger partial charge in [0, 0.05) is 20.3 Å². The molecule has 1 atom stereocenters. The van der Waals surface area contributed by atoms with Crippen molar-refractivity contribution in [3.8, 4) is 0 Å². The number of ether oxygens (including phenoxy) is 2. The molecule has 0 fully saturated rings. The van der Waals surface area contributed by atoms with E-state index in [1.165, 1.54) is 0 Å². The second kappa shape index (κ2) is 8.17. The molecule has 4 nitrogen and oxygen atoms in total. The minimum absolute atomic E-state index is 0.317. The summed E-state index contributed by atoms with van der Waals surface area (Å²) in [6.45, 7) is 4.09. The fourth-order valence-electron chi connectivity index (χ4n) is 1.06. The first-order valence-electron chi connectivity index (χ1n) is 5.11. The van der Waals surface area contributed by atoms with Gasteiger partial charge in [0.1, 0.15) is 0 Å². The molecule has 0 aromatic carbocycles. The SMILES string of the molecule is COCCOCCCCC(C)(O)CN. The van der Waals surface area contributed by atoms with Gasteiger partial charge in [-0.05, 0) is 26.2 Å². The molecule has 0 saturated heterocycles. The lowest BCUT2D eigenvalue weighted by Crippen LogP contribution is -2.33. The summed E-state index contributed by atoms with van der Waals surface area (Å²) in [5.74, 6) is 0. The van der Waals surface area contributed by atoms with E-state index in [-0.39, 0.29) is 0 Å². The van der Waals surface area contributed by atoms with E-state index in [4.69, 9.17) is 15.2 Å². The maximum absolute atomic E-state index is 9.58. The van der Waals surface area contributed by atoms with Gasteiger partial charge in [-0.2, -0.15) is 0 Å². The smallest absolute Gasteiger partial charge is 0.0741 e. The molecular formula is C10H23NO3. The highest BCUT2D eigenvalue weighted by Crippen LogP contribution is 2.11. The van der Waals surface area contributed by atoms with Crippen molar-refractivity contribution in [3.63, 3.8) is 0 Å². The van der Waals surface area contributed by atoms with Gasteiger partial charge in [-0.15, -0.1) is 0 Å². The Kier molecular flexibility index (Phi) is 8.08. The third-order valence-corrected chi connectivity index (χ3v) is 2.13. The lowest BCUT2D eigenvalue weighted by atomic mass is 10.00. The van der Waals surface area contributed by atoms with Crippen molar-refractivity contribution in [2.24, 2.45) is 5.73 Å². The lowest BCUT2D eigenvalue weighted by Gasteiger charge is -2.20. The molecule has 0 saturated carbocycles. The average molecular weight is 205 g/mol. The Morgan fingerprint density at radius 3 is 2.50 bits per heavy atom. The molecule has 0 heterocycles. The van der Waals surface area contributed by atoms with Crippen LogP contribution >= 0.6 is 0 Å². The number of hydrogen-bond donors (Lipinski definition) is 2. The standard InChI is InChI=1S/C10H23NO3/c1-10(12,9-11)5-3-4-6-14-8-7-13-2/h12H,3-9,11H2,1-2H3. The van der Waals surface area contributed by atoms with Crippen molar-refractivity contribution in [1.82, 2.24) is 0 Å². The van der Waals surface area contributed by atoms with E-state index < -0.39 is 5.60 Å². The van der Waals surface area contributed by atoms with E-state index in [1.807, 2.05) is 0 Å². The third-order valence-electron chi connectivity index (χ3n) is 2.13.